The highest BCUT2D eigenvalue weighted by atomic mass is 32.1. The van der Waals surface area contributed by atoms with Gasteiger partial charge in [0, 0.05) is 52.7 Å². The number of fused-ring (bicyclic) bond motifs is 13. The fourth-order valence-corrected chi connectivity index (χ4v) is 10.6. The Balaban J connectivity index is 1.24. The first-order chi connectivity index (χ1) is 29.7. The molecule has 0 spiro atoms. The summed E-state index contributed by atoms with van der Waals surface area (Å²) < 4.78 is 11.5. The summed E-state index contributed by atoms with van der Waals surface area (Å²) in [4.78, 5) is 11.1. The number of aromatic nitrogens is 3. The molecule has 0 saturated carbocycles. The molecule has 4 aromatic heterocycles. The van der Waals surface area contributed by atoms with Crippen LogP contribution in [0.5, 0.6) is 0 Å². The van der Waals surface area contributed by atoms with E-state index in [1.165, 1.54) is 36.5 Å². The number of rotatable bonds is 6. The van der Waals surface area contributed by atoms with Crippen molar-refractivity contribution in [2.75, 3.05) is 0 Å². The third-order valence-corrected chi connectivity index (χ3v) is 13.1. The van der Waals surface area contributed by atoms with Crippen molar-refractivity contribution in [1.82, 2.24) is 14.5 Å². The van der Waals surface area contributed by atoms with Crippen LogP contribution in [0.3, 0.4) is 0 Å². The van der Waals surface area contributed by atoms with E-state index in [1.807, 2.05) is 35.6 Å². The Kier molecular flexibility index (Phi) is 7.74. The van der Waals surface area contributed by atoms with E-state index in [9.17, 15) is 0 Å². The van der Waals surface area contributed by atoms with Crippen LogP contribution in [-0.4, -0.2) is 14.5 Å². The molecular weight excluding hydrogens is 751 g/mol. The molecule has 8 aromatic carbocycles. The van der Waals surface area contributed by atoms with Gasteiger partial charge in [0.1, 0.15) is 16.8 Å². The van der Waals surface area contributed by atoms with Crippen LogP contribution >= 0.6 is 11.3 Å². The molecule has 0 bridgehead atoms. The average Bonchev–Trinajstić information content (AvgIpc) is 3.99. The zero-order valence-electron chi connectivity index (χ0n) is 32.7. The van der Waals surface area contributed by atoms with Crippen LogP contribution < -0.4 is 0 Å². The zero-order chi connectivity index (χ0) is 39.9. The summed E-state index contributed by atoms with van der Waals surface area (Å²) in [6.45, 7) is 6.34. The topological polar surface area (TPSA) is 43.9 Å². The number of para-hydroxylation sites is 2. The molecule has 4 nitrogen and oxygen atoms in total. The van der Waals surface area contributed by atoms with Gasteiger partial charge in [0.2, 0.25) is 5.95 Å². The number of benzene rings is 8. The number of nitrogens with zero attached hydrogens (tertiary/aromatic N) is 3. The minimum absolute atomic E-state index is 0.591. The number of hydrogen-bond donors (Lipinski definition) is 0. The van der Waals surface area contributed by atoms with Gasteiger partial charge in [-0.1, -0.05) is 152 Å². The Hall–Kier alpha value is -7.60. The number of thiophene rings is 1. The van der Waals surface area contributed by atoms with Crippen molar-refractivity contribution in [3.05, 3.63) is 188 Å². The van der Waals surface area contributed by atoms with Crippen LogP contribution in [0.25, 0.3) is 126 Å². The maximum absolute atomic E-state index is 6.75. The van der Waals surface area contributed by atoms with E-state index in [0.717, 1.165) is 77.4 Å². The van der Waals surface area contributed by atoms with Crippen molar-refractivity contribution in [2.24, 2.45) is 0 Å². The van der Waals surface area contributed by atoms with Gasteiger partial charge in [0.15, 0.2) is 5.58 Å². The molecule has 0 radical (unpaired) electrons. The average molecular weight is 786 g/mol. The first-order valence-corrected chi connectivity index (χ1v) is 21.0. The van der Waals surface area contributed by atoms with Gasteiger partial charge in [-0.25, -0.2) is 9.97 Å². The van der Waals surface area contributed by atoms with E-state index in [4.69, 9.17) is 14.4 Å². The molecule has 0 aliphatic carbocycles. The summed E-state index contributed by atoms with van der Waals surface area (Å²) >= 11 is 1.86. The van der Waals surface area contributed by atoms with Crippen molar-refractivity contribution < 1.29 is 4.42 Å². The Morgan fingerprint density at radius 1 is 0.567 bits per heavy atom. The maximum atomic E-state index is 6.75. The molecule has 0 unspecified atom stereocenters. The van der Waals surface area contributed by atoms with E-state index in [1.54, 1.807) is 0 Å². The van der Waals surface area contributed by atoms with Crippen molar-refractivity contribution in [2.45, 2.75) is 6.92 Å². The standard InChI is InChI=1S/C55H35N3OS/c1-3-17-35-28-29-44-48-47-42-24-13-15-26-45(42)58(51(47)40-22-11-12-23-41(40)54(48)60-53(44)39(35)4-2)55-56-49(52-50(57-55)43-25-14-16-27-46(43)59-52)38-31-36(33-18-7-5-8-19-33)30-37(32-38)34-20-9-6-10-21-34/h3-32H,2H2,1H3/b17-3-. The van der Waals surface area contributed by atoms with Crippen LogP contribution in [0.2, 0.25) is 0 Å². The lowest BCUT2D eigenvalue weighted by molar-refractivity contribution is 0.666. The first-order valence-electron chi connectivity index (χ1n) is 20.2. The predicted molar refractivity (Wildman–Crippen MR) is 255 cm³/mol. The quantitative estimate of drug-likeness (QED) is 0.169. The summed E-state index contributed by atoms with van der Waals surface area (Å²) in [6.07, 6.45) is 6.27. The molecule has 0 atom stereocenters. The lowest BCUT2D eigenvalue weighted by atomic mass is 9.95. The summed E-state index contributed by atoms with van der Waals surface area (Å²) in [6, 6.07) is 58.0. The largest absolute Gasteiger partial charge is 0.452 e. The van der Waals surface area contributed by atoms with Crippen LogP contribution in [0, 0.1) is 0 Å². The molecule has 60 heavy (non-hydrogen) atoms. The van der Waals surface area contributed by atoms with Crippen molar-refractivity contribution >= 4 is 98.3 Å². The molecule has 0 fully saturated rings. The summed E-state index contributed by atoms with van der Waals surface area (Å²) in [7, 11) is 0. The highest BCUT2D eigenvalue weighted by Gasteiger charge is 2.26. The predicted octanol–water partition coefficient (Wildman–Crippen LogP) is 15.7. The zero-order valence-corrected chi connectivity index (χ0v) is 33.5. The Labute approximate surface area is 349 Å². The Morgan fingerprint density at radius 2 is 1.20 bits per heavy atom. The molecule has 5 heteroatoms. The van der Waals surface area contributed by atoms with Gasteiger partial charge in [0.25, 0.3) is 0 Å². The van der Waals surface area contributed by atoms with Crippen LogP contribution in [0.15, 0.2) is 181 Å². The Morgan fingerprint density at radius 3 is 1.92 bits per heavy atom. The first kappa shape index (κ1) is 34.4. The van der Waals surface area contributed by atoms with E-state index in [2.05, 4.69) is 176 Å². The molecule has 0 amide bonds. The van der Waals surface area contributed by atoms with E-state index >= 15 is 0 Å². The second-order valence-corrected chi connectivity index (χ2v) is 16.3. The van der Waals surface area contributed by atoms with E-state index < -0.39 is 0 Å². The molecule has 0 N–H and O–H groups in total. The summed E-state index contributed by atoms with van der Waals surface area (Å²) in [5.74, 6) is 0.591. The smallest absolute Gasteiger partial charge is 0.236 e. The van der Waals surface area contributed by atoms with Crippen LogP contribution in [0.4, 0.5) is 0 Å². The normalized spacial score (nSPS) is 12.1. The van der Waals surface area contributed by atoms with Gasteiger partial charge in [-0.05, 0) is 76.7 Å². The lowest BCUT2D eigenvalue weighted by Crippen LogP contribution is -2.03. The maximum Gasteiger partial charge on any atom is 0.236 e. The molecular formula is C55H35N3OS. The van der Waals surface area contributed by atoms with Crippen molar-refractivity contribution in [3.63, 3.8) is 0 Å². The van der Waals surface area contributed by atoms with Crippen LogP contribution in [0.1, 0.15) is 18.1 Å². The third kappa shape index (κ3) is 5.09. The lowest BCUT2D eigenvalue weighted by Gasteiger charge is -2.13. The van der Waals surface area contributed by atoms with Gasteiger partial charge in [-0.15, -0.1) is 11.3 Å². The van der Waals surface area contributed by atoms with Crippen molar-refractivity contribution in [3.8, 4) is 39.5 Å². The molecule has 4 heterocycles. The third-order valence-electron chi connectivity index (χ3n) is 11.9. The van der Waals surface area contributed by atoms with Gasteiger partial charge >= 0.3 is 0 Å². The SMILES string of the molecule is C=Cc1c(/C=C\C)ccc2c1sc1c3ccccc3c3c(c4ccccc4n3-c3nc(-c4cc(-c5ccccc5)cc(-c5ccccc5)c4)c4oc5ccccc5c4n3)c21. The highest BCUT2D eigenvalue weighted by Crippen LogP contribution is 2.49. The molecule has 12 aromatic rings. The van der Waals surface area contributed by atoms with Gasteiger partial charge in [-0.3, -0.25) is 4.57 Å². The monoisotopic (exact) mass is 785 g/mol. The number of allylic oxidation sites excluding steroid dienone is 1. The molecule has 0 aliphatic rings. The van der Waals surface area contributed by atoms with E-state index in [-0.39, 0.29) is 0 Å². The molecule has 12 rings (SSSR count). The second-order valence-electron chi connectivity index (χ2n) is 15.3. The molecule has 0 aliphatic heterocycles. The number of hydrogen-bond acceptors (Lipinski definition) is 4. The van der Waals surface area contributed by atoms with Gasteiger partial charge < -0.3 is 4.42 Å². The Bertz CT molecular complexity index is 3680. The molecule has 0 saturated heterocycles. The highest BCUT2D eigenvalue weighted by molar-refractivity contribution is 7.27. The van der Waals surface area contributed by atoms with Gasteiger partial charge in [-0.2, -0.15) is 0 Å². The minimum atomic E-state index is 0.591. The van der Waals surface area contributed by atoms with Gasteiger partial charge in [0.05, 0.1) is 11.0 Å². The second kappa shape index (κ2) is 13.5. The van der Waals surface area contributed by atoms with Crippen molar-refractivity contribution in [1.29, 1.82) is 0 Å². The minimum Gasteiger partial charge on any atom is -0.452 e. The fraction of sp³-hybridized carbons (Fsp3) is 0.0182. The van der Waals surface area contributed by atoms with Crippen LogP contribution in [-0.2, 0) is 0 Å². The van der Waals surface area contributed by atoms with E-state index in [0.29, 0.717) is 11.5 Å². The summed E-state index contributed by atoms with van der Waals surface area (Å²) in [5.41, 5.74) is 12.8. The fourth-order valence-electron chi connectivity index (χ4n) is 9.25. The molecule has 282 valence electrons. The summed E-state index contributed by atoms with van der Waals surface area (Å²) in [5, 5.41) is 8.11. The number of furan rings is 1.